The zero-order valence-electron chi connectivity index (χ0n) is 14.9. The van der Waals surface area contributed by atoms with Crippen molar-refractivity contribution < 1.29 is 0 Å². The van der Waals surface area contributed by atoms with Crippen molar-refractivity contribution in [2.24, 2.45) is 0 Å². The molecule has 0 aliphatic rings. The minimum atomic E-state index is -2.34. The van der Waals surface area contributed by atoms with Crippen molar-refractivity contribution >= 4 is 22.1 Å². The van der Waals surface area contributed by atoms with Gasteiger partial charge in [-0.05, 0) is 0 Å². The summed E-state index contributed by atoms with van der Waals surface area (Å²) in [5.41, 5.74) is 0. The van der Waals surface area contributed by atoms with Gasteiger partial charge in [-0.3, -0.25) is 0 Å². The first-order chi connectivity index (χ1) is 10.1. The molecule has 0 N–H and O–H groups in total. The van der Waals surface area contributed by atoms with E-state index in [1.54, 1.807) is 3.71 Å². The van der Waals surface area contributed by atoms with Gasteiger partial charge < -0.3 is 0 Å². The zero-order valence-corrected chi connectivity index (χ0v) is 17.7. The first-order valence-corrected chi connectivity index (χ1v) is 16.5. The maximum atomic E-state index is 4.43. The van der Waals surface area contributed by atoms with E-state index < -0.39 is 18.4 Å². The van der Waals surface area contributed by atoms with Crippen molar-refractivity contribution in [1.29, 1.82) is 0 Å². The molecule has 0 spiro atoms. The van der Waals surface area contributed by atoms with Gasteiger partial charge in [0.15, 0.2) is 0 Å². The zero-order chi connectivity index (χ0) is 15.7. The Kier molecular flexibility index (Phi) is 8.91. The van der Waals surface area contributed by atoms with Crippen molar-refractivity contribution in [3.8, 4) is 0 Å². The summed E-state index contributed by atoms with van der Waals surface area (Å²) in [5, 5.41) is 8.72. The molecule has 1 aromatic rings. The van der Waals surface area contributed by atoms with E-state index >= 15 is 0 Å². The van der Waals surface area contributed by atoms with E-state index in [9.17, 15) is 0 Å². The molecular weight excluding hydrogens is 365 g/mol. The summed E-state index contributed by atoms with van der Waals surface area (Å²) in [6.45, 7) is 11.5. The standard InChI is InChI=1S/C5H8N3.3C4H9.Sn/c1-5(2)8-4-3-6-7-8;3*1-3-4-2;/h3,5H,1-2H3;3*1,3-4H2,2H3;. The van der Waals surface area contributed by atoms with Crippen LogP contribution in [0.4, 0.5) is 0 Å². The Bertz CT molecular complexity index is 365. The van der Waals surface area contributed by atoms with Crippen LogP contribution in [0.3, 0.4) is 0 Å². The van der Waals surface area contributed by atoms with Gasteiger partial charge in [0.25, 0.3) is 0 Å². The Balaban J connectivity index is 3.13. The second-order valence-corrected chi connectivity index (χ2v) is 19.8. The molecule has 4 heteroatoms. The van der Waals surface area contributed by atoms with E-state index in [1.807, 2.05) is 0 Å². The SMILES string of the molecule is CCC[CH2][Sn]([CH2]CCC)([CH2]CCC)[c]1cnnn1C(C)C. The molecule has 0 aliphatic carbocycles. The number of rotatable bonds is 11. The first kappa shape index (κ1) is 19.0. The van der Waals surface area contributed by atoms with Gasteiger partial charge in [-0.1, -0.05) is 0 Å². The van der Waals surface area contributed by atoms with E-state index in [1.165, 1.54) is 51.8 Å². The van der Waals surface area contributed by atoms with Gasteiger partial charge in [0.2, 0.25) is 0 Å². The second kappa shape index (κ2) is 9.85. The summed E-state index contributed by atoms with van der Waals surface area (Å²) in [4.78, 5) is 0. The van der Waals surface area contributed by atoms with Crippen molar-refractivity contribution in [3.05, 3.63) is 6.20 Å². The fourth-order valence-electron chi connectivity index (χ4n) is 3.31. The quantitative estimate of drug-likeness (QED) is 0.494. The van der Waals surface area contributed by atoms with Crippen LogP contribution in [0.5, 0.6) is 0 Å². The average molecular weight is 400 g/mol. The minimum absolute atomic E-state index is 0.448. The van der Waals surface area contributed by atoms with E-state index in [0.717, 1.165) is 0 Å². The molecule has 0 unspecified atom stereocenters. The number of hydrogen-bond acceptors (Lipinski definition) is 2. The molecule has 0 atom stereocenters. The predicted molar refractivity (Wildman–Crippen MR) is 94.9 cm³/mol. The summed E-state index contributed by atoms with van der Waals surface area (Å²) >= 11 is -2.34. The molecular formula is C17H35N3Sn. The number of aromatic nitrogens is 3. The third kappa shape index (κ3) is 5.26. The first-order valence-electron chi connectivity index (χ1n) is 9.02. The van der Waals surface area contributed by atoms with E-state index in [2.05, 4.69) is 55.8 Å². The molecule has 0 fully saturated rings. The van der Waals surface area contributed by atoms with Gasteiger partial charge in [0.1, 0.15) is 0 Å². The van der Waals surface area contributed by atoms with Crippen molar-refractivity contribution in [2.45, 2.75) is 92.5 Å². The molecule has 0 aliphatic heterocycles. The Morgan fingerprint density at radius 1 is 0.952 bits per heavy atom. The molecule has 0 radical (unpaired) electrons. The Labute approximate surface area is 135 Å². The van der Waals surface area contributed by atoms with E-state index in [0.29, 0.717) is 6.04 Å². The molecule has 0 saturated carbocycles. The molecule has 1 aromatic heterocycles. The van der Waals surface area contributed by atoms with Crippen molar-refractivity contribution in [2.75, 3.05) is 0 Å². The van der Waals surface area contributed by atoms with Crippen LogP contribution >= 0.6 is 0 Å². The van der Waals surface area contributed by atoms with Crippen LogP contribution in [0.15, 0.2) is 6.20 Å². The van der Waals surface area contributed by atoms with Crippen LogP contribution in [-0.2, 0) is 0 Å². The number of nitrogens with zero attached hydrogens (tertiary/aromatic N) is 3. The topological polar surface area (TPSA) is 30.7 Å². The fraction of sp³-hybridized carbons (Fsp3) is 0.882. The summed E-state index contributed by atoms with van der Waals surface area (Å²) in [7, 11) is 0. The van der Waals surface area contributed by atoms with Gasteiger partial charge in [0, 0.05) is 0 Å². The normalized spacial score (nSPS) is 12.3. The van der Waals surface area contributed by atoms with Crippen LogP contribution in [0, 0.1) is 0 Å². The third-order valence-corrected chi connectivity index (χ3v) is 20.0. The van der Waals surface area contributed by atoms with E-state index in [4.69, 9.17) is 0 Å². The Hall–Kier alpha value is -0.0613. The van der Waals surface area contributed by atoms with Crippen LogP contribution in [0.2, 0.25) is 13.3 Å². The second-order valence-electron chi connectivity index (χ2n) is 6.75. The fourth-order valence-corrected chi connectivity index (χ4v) is 19.7. The Morgan fingerprint density at radius 3 is 1.81 bits per heavy atom. The number of hydrogen-bond donors (Lipinski definition) is 0. The van der Waals surface area contributed by atoms with Crippen LogP contribution in [0.1, 0.15) is 79.2 Å². The number of unbranched alkanes of at least 4 members (excludes halogenated alkanes) is 3. The van der Waals surface area contributed by atoms with Crippen LogP contribution < -0.4 is 3.71 Å². The van der Waals surface area contributed by atoms with Crippen molar-refractivity contribution in [3.63, 3.8) is 0 Å². The monoisotopic (exact) mass is 401 g/mol. The molecule has 1 rings (SSSR count). The predicted octanol–water partition coefficient (Wildman–Crippen LogP) is 4.92. The van der Waals surface area contributed by atoms with Gasteiger partial charge >= 0.3 is 136 Å². The van der Waals surface area contributed by atoms with Gasteiger partial charge in [-0.15, -0.1) is 0 Å². The van der Waals surface area contributed by atoms with Crippen LogP contribution in [-0.4, -0.2) is 33.4 Å². The van der Waals surface area contributed by atoms with Crippen LogP contribution in [0.25, 0.3) is 0 Å². The van der Waals surface area contributed by atoms with Gasteiger partial charge in [-0.2, -0.15) is 0 Å². The van der Waals surface area contributed by atoms with Gasteiger partial charge in [0.05, 0.1) is 0 Å². The summed E-state index contributed by atoms with van der Waals surface area (Å²) in [5.74, 6) is 0. The molecule has 3 nitrogen and oxygen atoms in total. The molecule has 122 valence electrons. The van der Waals surface area contributed by atoms with Gasteiger partial charge in [-0.25, -0.2) is 0 Å². The molecule has 21 heavy (non-hydrogen) atoms. The molecule has 0 aromatic carbocycles. The summed E-state index contributed by atoms with van der Waals surface area (Å²) < 4.78 is 8.33. The maximum absolute atomic E-state index is 4.43. The summed E-state index contributed by atoms with van der Waals surface area (Å²) in [6, 6.07) is 0.448. The molecule has 0 saturated heterocycles. The molecule has 1 heterocycles. The molecule has 0 amide bonds. The Morgan fingerprint density at radius 2 is 1.43 bits per heavy atom. The molecule has 0 bridgehead atoms. The van der Waals surface area contributed by atoms with E-state index in [-0.39, 0.29) is 0 Å². The summed E-state index contributed by atoms with van der Waals surface area (Å²) in [6.07, 6.45) is 10.3. The third-order valence-electron chi connectivity index (χ3n) is 4.63. The van der Waals surface area contributed by atoms with Crippen molar-refractivity contribution in [1.82, 2.24) is 15.0 Å². The average Bonchev–Trinajstić information content (AvgIpc) is 2.97.